The lowest BCUT2D eigenvalue weighted by atomic mass is 10.1. The SMILES string of the molecule is CS(=O)(=O)c1ccccc1-c1nnc(NC(=O)c2cc([N+](=O)[O-])cc([N+](=O)[O-])c2)o1. The lowest BCUT2D eigenvalue weighted by molar-refractivity contribution is -0.394. The van der Waals surface area contributed by atoms with E-state index in [1.54, 1.807) is 6.07 Å². The van der Waals surface area contributed by atoms with Crippen LogP contribution in [-0.2, 0) is 9.84 Å². The van der Waals surface area contributed by atoms with Crippen molar-refractivity contribution in [3.05, 3.63) is 68.3 Å². The molecule has 1 N–H and O–H groups in total. The number of carbonyl (C=O) groups is 1. The van der Waals surface area contributed by atoms with Crippen molar-refractivity contribution in [3.63, 3.8) is 0 Å². The molecule has 1 heterocycles. The second kappa shape index (κ2) is 7.67. The van der Waals surface area contributed by atoms with Crippen molar-refractivity contribution in [2.45, 2.75) is 4.90 Å². The van der Waals surface area contributed by atoms with Gasteiger partial charge in [-0.1, -0.05) is 17.2 Å². The Labute approximate surface area is 167 Å². The number of nitrogens with one attached hydrogen (secondary N) is 1. The number of nitro benzene ring substituents is 2. The van der Waals surface area contributed by atoms with Crippen LogP contribution in [0.25, 0.3) is 11.5 Å². The Bertz CT molecular complexity index is 1250. The topological polar surface area (TPSA) is 188 Å². The summed E-state index contributed by atoms with van der Waals surface area (Å²) in [4.78, 5) is 32.4. The Kier molecular flexibility index (Phi) is 5.25. The number of hydrogen-bond donors (Lipinski definition) is 1. The summed E-state index contributed by atoms with van der Waals surface area (Å²) in [5.41, 5.74) is -1.57. The number of hydrogen-bond acceptors (Lipinski definition) is 10. The molecular formula is C16H11N5O8S. The molecule has 0 spiro atoms. The van der Waals surface area contributed by atoms with Crippen molar-refractivity contribution in [2.24, 2.45) is 0 Å². The Balaban J connectivity index is 1.92. The molecule has 0 atom stereocenters. The molecule has 0 aliphatic heterocycles. The van der Waals surface area contributed by atoms with E-state index in [0.717, 1.165) is 18.4 Å². The first-order valence-electron chi connectivity index (χ1n) is 7.94. The van der Waals surface area contributed by atoms with Crippen LogP contribution in [0.5, 0.6) is 0 Å². The summed E-state index contributed by atoms with van der Waals surface area (Å²) in [7, 11) is -3.61. The number of non-ortho nitro benzene ring substituents is 2. The van der Waals surface area contributed by atoms with Gasteiger partial charge in [-0.2, -0.15) is 0 Å². The average Bonchev–Trinajstić information content (AvgIpc) is 3.15. The Morgan fingerprint density at radius 1 is 1.03 bits per heavy atom. The van der Waals surface area contributed by atoms with Crippen molar-refractivity contribution in [3.8, 4) is 11.5 Å². The molecule has 3 aromatic rings. The number of carbonyl (C=O) groups excluding carboxylic acids is 1. The predicted molar refractivity (Wildman–Crippen MR) is 101 cm³/mol. The van der Waals surface area contributed by atoms with Gasteiger partial charge in [-0.3, -0.25) is 30.3 Å². The average molecular weight is 433 g/mol. The Morgan fingerprint density at radius 2 is 1.63 bits per heavy atom. The van der Waals surface area contributed by atoms with E-state index in [1.807, 2.05) is 0 Å². The zero-order valence-corrected chi connectivity index (χ0v) is 15.8. The maximum absolute atomic E-state index is 12.4. The largest absolute Gasteiger partial charge is 0.403 e. The van der Waals surface area contributed by atoms with E-state index in [2.05, 4.69) is 15.5 Å². The van der Waals surface area contributed by atoms with Crippen LogP contribution in [0.4, 0.5) is 17.4 Å². The number of anilines is 1. The van der Waals surface area contributed by atoms with E-state index in [-0.39, 0.29) is 21.9 Å². The smallest absolute Gasteiger partial charge is 0.322 e. The molecule has 0 bridgehead atoms. The predicted octanol–water partition coefficient (Wildman–Crippen LogP) is 2.21. The van der Waals surface area contributed by atoms with Crippen LogP contribution in [0.3, 0.4) is 0 Å². The summed E-state index contributed by atoms with van der Waals surface area (Å²) in [6.45, 7) is 0. The summed E-state index contributed by atoms with van der Waals surface area (Å²) < 4.78 is 29.1. The number of amides is 1. The molecule has 3 rings (SSSR count). The molecule has 154 valence electrons. The second-order valence-electron chi connectivity index (χ2n) is 5.89. The van der Waals surface area contributed by atoms with Crippen molar-refractivity contribution in [1.82, 2.24) is 10.2 Å². The Hall–Kier alpha value is -4.20. The lowest BCUT2D eigenvalue weighted by Gasteiger charge is -2.03. The number of rotatable bonds is 6. The van der Waals surface area contributed by atoms with Gasteiger partial charge in [-0.05, 0) is 12.1 Å². The normalized spacial score (nSPS) is 11.1. The van der Waals surface area contributed by atoms with Gasteiger partial charge in [0.05, 0.1) is 31.9 Å². The number of sulfone groups is 1. The van der Waals surface area contributed by atoms with Gasteiger partial charge in [0.25, 0.3) is 23.2 Å². The highest BCUT2D eigenvalue weighted by Gasteiger charge is 2.22. The number of nitro groups is 2. The molecule has 0 unspecified atom stereocenters. The molecule has 0 fully saturated rings. The molecule has 0 aliphatic carbocycles. The van der Waals surface area contributed by atoms with E-state index in [0.29, 0.717) is 6.07 Å². The van der Waals surface area contributed by atoms with Crippen LogP contribution in [0.2, 0.25) is 0 Å². The monoisotopic (exact) mass is 433 g/mol. The van der Waals surface area contributed by atoms with E-state index >= 15 is 0 Å². The van der Waals surface area contributed by atoms with Gasteiger partial charge in [0.2, 0.25) is 0 Å². The zero-order chi connectivity index (χ0) is 22.1. The molecule has 0 aliphatic rings. The van der Waals surface area contributed by atoms with Gasteiger partial charge < -0.3 is 4.42 Å². The fourth-order valence-electron chi connectivity index (χ4n) is 2.46. The van der Waals surface area contributed by atoms with Gasteiger partial charge >= 0.3 is 6.01 Å². The molecule has 1 amide bonds. The van der Waals surface area contributed by atoms with Gasteiger partial charge in [0.1, 0.15) is 0 Å². The van der Waals surface area contributed by atoms with Gasteiger partial charge in [-0.15, -0.1) is 5.10 Å². The lowest BCUT2D eigenvalue weighted by Crippen LogP contribution is -2.13. The van der Waals surface area contributed by atoms with Crippen LogP contribution in [0.1, 0.15) is 10.4 Å². The first kappa shape index (κ1) is 20.5. The van der Waals surface area contributed by atoms with E-state index in [9.17, 15) is 33.4 Å². The fraction of sp³-hybridized carbons (Fsp3) is 0.0625. The third-order valence-electron chi connectivity index (χ3n) is 3.75. The van der Waals surface area contributed by atoms with Crippen LogP contribution in [0, 0.1) is 20.2 Å². The fourth-order valence-corrected chi connectivity index (χ4v) is 3.34. The third-order valence-corrected chi connectivity index (χ3v) is 4.90. The van der Waals surface area contributed by atoms with Gasteiger partial charge in [-0.25, -0.2) is 8.42 Å². The third kappa shape index (κ3) is 4.27. The van der Waals surface area contributed by atoms with Crippen molar-refractivity contribution in [1.29, 1.82) is 0 Å². The minimum atomic E-state index is -3.61. The summed E-state index contributed by atoms with van der Waals surface area (Å²) >= 11 is 0. The quantitative estimate of drug-likeness (QED) is 0.445. The highest BCUT2D eigenvalue weighted by atomic mass is 32.2. The van der Waals surface area contributed by atoms with Crippen molar-refractivity contribution in [2.75, 3.05) is 11.6 Å². The molecule has 0 radical (unpaired) electrons. The minimum Gasteiger partial charge on any atom is -0.403 e. The molecule has 13 nitrogen and oxygen atoms in total. The highest BCUT2D eigenvalue weighted by molar-refractivity contribution is 7.90. The van der Waals surface area contributed by atoms with Crippen LogP contribution < -0.4 is 5.32 Å². The first-order valence-corrected chi connectivity index (χ1v) is 9.83. The molecule has 0 saturated heterocycles. The summed E-state index contributed by atoms with van der Waals surface area (Å²) in [6, 6.07) is 7.80. The number of aromatic nitrogens is 2. The van der Waals surface area contributed by atoms with E-state index in [1.165, 1.54) is 18.2 Å². The van der Waals surface area contributed by atoms with Crippen molar-refractivity contribution >= 4 is 33.1 Å². The standard InChI is InChI=1S/C16H11N5O8S/c1-30(27,28)13-5-3-2-4-12(13)15-18-19-16(29-15)17-14(22)9-6-10(20(23)24)8-11(7-9)21(25)26/h2-8H,1H3,(H,17,19,22). The van der Waals surface area contributed by atoms with Gasteiger partial charge in [0.15, 0.2) is 9.84 Å². The highest BCUT2D eigenvalue weighted by Crippen LogP contribution is 2.28. The zero-order valence-electron chi connectivity index (χ0n) is 15.0. The summed E-state index contributed by atoms with van der Waals surface area (Å²) in [5, 5.41) is 31.3. The maximum atomic E-state index is 12.4. The summed E-state index contributed by atoms with van der Waals surface area (Å²) in [6.07, 6.45) is 1.00. The molecular weight excluding hydrogens is 422 g/mol. The first-order chi connectivity index (χ1) is 14.1. The maximum Gasteiger partial charge on any atom is 0.322 e. The Morgan fingerprint density at radius 3 is 2.20 bits per heavy atom. The van der Waals surface area contributed by atoms with E-state index < -0.39 is 43.0 Å². The molecule has 14 heteroatoms. The molecule has 1 aromatic heterocycles. The number of nitrogens with zero attached hydrogens (tertiary/aromatic N) is 4. The molecule has 2 aromatic carbocycles. The van der Waals surface area contributed by atoms with Crippen LogP contribution in [0.15, 0.2) is 51.8 Å². The van der Waals surface area contributed by atoms with Gasteiger partial charge in [0, 0.05) is 18.4 Å². The van der Waals surface area contributed by atoms with Crippen molar-refractivity contribution < 1.29 is 27.5 Å². The second-order valence-corrected chi connectivity index (χ2v) is 7.87. The van der Waals surface area contributed by atoms with E-state index in [4.69, 9.17) is 4.42 Å². The van der Waals surface area contributed by atoms with Crippen LogP contribution >= 0.6 is 0 Å². The van der Waals surface area contributed by atoms with Crippen LogP contribution in [-0.4, -0.2) is 40.6 Å². The number of benzene rings is 2. The summed E-state index contributed by atoms with van der Waals surface area (Å²) in [5.74, 6) is -1.18. The minimum absolute atomic E-state index is 0.0687. The molecule has 30 heavy (non-hydrogen) atoms. The molecule has 0 saturated carbocycles.